The molecule has 2 heterocycles. The van der Waals surface area contributed by atoms with Crippen LogP contribution in [-0.2, 0) is 17.8 Å². The van der Waals surface area contributed by atoms with Gasteiger partial charge in [0, 0.05) is 35.2 Å². The number of amides is 1. The number of carbonyl (C=O) groups is 1. The summed E-state index contributed by atoms with van der Waals surface area (Å²) < 4.78 is 0. The molecular weight excluding hydrogens is 334 g/mol. The molecule has 0 saturated heterocycles. The number of benzene rings is 2. The van der Waals surface area contributed by atoms with Crippen LogP contribution < -0.4 is 10.6 Å². The maximum atomic E-state index is 11.5. The van der Waals surface area contributed by atoms with Crippen molar-refractivity contribution in [2.24, 2.45) is 0 Å². The zero-order valence-corrected chi connectivity index (χ0v) is 14.2. The second-order valence-electron chi connectivity index (χ2n) is 6.00. The third kappa shape index (κ3) is 3.35. The van der Waals surface area contributed by atoms with Crippen LogP contribution in [0.25, 0.3) is 11.1 Å². The molecule has 0 radical (unpaired) electrons. The number of hydrogen-bond acceptors (Lipinski definition) is 3. The lowest BCUT2D eigenvalue weighted by atomic mass is 10.0. The van der Waals surface area contributed by atoms with Gasteiger partial charge < -0.3 is 10.6 Å². The van der Waals surface area contributed by atoms with Gasteiger partial charge in [0.1, 0.15) is 0 Å². The number of aromatic nitrogens is 1. The third-order valence-corrected chi connectivity index (χ3v) is 4.61. The quantitative estimate of drug-likeness (QED) is 0.728. The predicted molar refractivity (Wildman–Crippen MR) is 101 cm³/mol. The van der Waals surface area contributed by atoms with E-state index in [4.69, 9.17) is 11.6 Å². The van der Waals surface area contributed by atoms with Crippen LogP contribution >= 0.6 is 11.6 Å². The molecule has 0 atom stereocenters. The Morgan fingerprint density at radius 3 is 2.84 bits per heavy atom. The molecule has 5 heteroatoms. The van der Waals surface area contributed by atoms with Crippen molar-refractivity contribution in [2.45, 2.75) is 13.0 Å². The SMILES string of the molecule is O=C1Cc2cc(-c3cncc(NCc4ccccc4Cl)c3)ccc2N1. The molecule has 1 aliphatic rings. The first-order chi connectivity index (χ1) is 12.2. The molecule has 3 aromatic rings. The number of anilines is 2. The summed E-state index contributed by atoms with van der Waals surface area (Å²) in [5.74, 6) is 0.0421. The molecule has 1 aliphatic heterocycles. The van der Waals surface area contributed by atoms with Crippen LogP contribution in [0.2, 0.25) is 5.02 Å². The zero-order valence-electron chi connectivity index (χ0n) is 13.4. The van der Waals surface area contributed by atoms with E-state index in [2.05, 4.69) is 21.7 Å². The zero-order chi connectivity index (χ0) is 17.2. The van der Waals surface area contributed by atoms with E-state index >= 15 is 0 Å². The summed E-state index contributed by atoms with van der Waals surface area (Å²) in [4.78, 5) is 15.8. The number of hydrogen-bond donors (Lipinski definition) is 2. The second kappa shape index (κ2) is 6.57. The van der Waals surface area contributed by atoms with Gasteiger partial charge in [0.2, 0.25) is 5.91 Å². The highest BCUT2D eigenvalue weighted by Gasteiger charge is 2.17. The summed E-state index contributed by atoms with van der Waals surface area (Å²) >= 11 is 6.19. The molecule has 2 aromatic carbocycles. The highest BCUT2D eigenvalue weighted by atomic mass is 35.5. The van der Waals surface area contributed by atoms with Crippen molar-refractivity contribution >= 4 is 28.9 Å². The van der Waals surface area contributed by atoms with E-state index in [1.807, 2.05) is 48.7 Å². The molecule has 0 fully saturated rings. The van der Waals surface area contributed by atoms with E-state index in [1.165, 1.54) is 0 Å². The van der Waals surface area contributed by atoms with Crippen molar-refractivity contribution in [3.05, 3.63) is 77.1 Å². The first-order valence-electron chi connectivity index (χ1n) is 8.04. The van der Waals surface area contributed by atoms with Gasteiger partial charge in [-0.3, -0.25) is 9.78 Å². The fraction of sp³-hybridized carbons (Fsp3) is 0.100. The van der Waals surface area contributed by atoms with E-state index in [9.17, 15) is 4.79 Å². The molecular formula is C20H16ClN3O. The van der Waals surface area contributed by atoms with Crippen LogP contribution in [0.5, 0.6) is 0 Å². The molecule has 0 aliphatic carbocycles. The van der Waals surface area contributed by atoms with Crippen molar-refractivity contribution in [3.8, 4) is 11.1 Å². The van der Waals surface area contributed by atoms with Crippen molar-refractivity contribution in [3.63, 3.8) is 0 Å². The minimum Gasteiger partial charge on any atom is -0.380 e. The van der Waals surface area contributed by atoms with Crippen LogP contribution in [-0.4, -0.2) is 10.9 Å². The number of fused-ring (bicyclic) bond motifs is 1. The summed E-state index contributed by atoms with van der Waals surface area (Å²) in [5.41, 5.74) is 5.94. The van der Waals surface area contributed by atoms with Crippen molar-refractivity contribution < 1.29 is 4.79 Å². The highest BCUT2D eigenvalue weighted by Crippen LogP contribution is 2.29. The molecule has 0 bridgehead atoms. The molecule has 0 saturated carbocycles. The largest absolute Gasteiger partial charge is 0.380 e. The minimum absolute atomic E-state index is 0.0421. The summed E-state index contributed by atoms with van der Waals surface area (Å²) in [6.07, 6.45) is 4.05. The van der Waals surface area contributed by atoms with E-state index < -0.39 is 0 Å². The van der Waals surface area contributed by atoms with Crippen LogP contribution in [0.15, 0.2) is 60.9 Å². The number of nitrogens with one attached hydrogen (secondary N) is 2. The average molecular weight is 350 g/mol. The molecule has 0 spiro atoms. The summed E-state index contributed by atoms with van der Waals surface area (Å²) in [7, 11) is 0. The van der Waals surface area contributed by atoms with Crippen LogP contribution in [0, 0.1) is 0 Å². The number of rotatable bonds is 4. The Balaban J connectivity index is 1.55. The van der Waals surface area contributed by atoms with Gasteiger partial charge in [-0.2, -0.15) is 0 Å². The molecule has 124 valence electrons. The number of pyridine rings is 1. The van der Waals surface area contributed by atoms with Crippen LogP contribution in [0.3, 0.4) is 0 Å². The number of nitrogens with zero attached hydrogens (tertiary/aromatic N) is 1. The molecule has 1 aromatic heterocycles. The van der Waals surface area contributed by atoms with Crippen LogP contribution in [0.4, 0.5) is 11.4 Å². The first-order valence-corrected chi connectivity index (χ1v) is 8.42. The van der Waals surface area contributed by atoms with Crippen molar-refractivity contribution in [2.75, 3.05) is 10.6 Å². The van der Waals surface area contributed by atoms with Crippen molar-refractivity contribution in [1.29, 1.82) is 0 Å². The van der Waals surface area contributed by atoms with Crippen LogP contribution in [0.1, 0.15) is 11.1 Å². The van der Waals surface area contributed by atoms with Gasteiger partial charge in [-0.15, -0.1) is 0 Å². The monoisotopic (exact) mass is 349 g/mol. The molecule has 4 nitrogen and oxygen atoms in total. The topological polar surface area (TPSA) is 54.0 Å². The van der Waals surface area contributed by atoms with E-state index in [-0.39, 0.29) is 5.91 Å². The van der Waals surface area contributed by atoms with Gasteiger partial charge in [-0.1, -0.05) is 35.9 Å². The highest BCUT2D eigenvalue weighted by molar-refractivity contribution is 6.31. The summed E-state index contributed by atoms with van der Waals surface area (Å²) in [5, 5.41) is 6.95. The van der Waals surface area contributed by atoms with E-state index in [1.54, 1.807) is 6.20 Å². The molecule has 1 amide bonds. The maximum absolute atomic E-state index is 11.5. The van der Waals surface area contributed by atoms with Gasteiger partial charge in [-0.05, 0) is 41.0 Å². The van der Waals surface area contributed by atoms with Gasteiger partial charge in [-0.25, -0.2) is 0 Å². The predicted octanol–water partition coefficient (Wildman–Crippen LogP) is 4.51. The molecule has 4 rings (SSSR count). The fourth-order valence-corrected chi connectivity index (χ4v) is 3.14. The van der Waals surface area contributed by atoms with E-state index in [0.29, 0.717) is 13.0 Å². The van der Waals surface area contributed by atoms with Gasteiger partial charge in [0.05, 0.1) is 12.1 Å². The fourth-order valence-electron chi connectivity index (χ4n) is 2.94. The van der Waals surface area contributed by atoms with Gasteiger partial charge in [0.25, 0.3) is 0 Å². The Morgan fingerprint density at radius 2 is 1.96 bits per heavy atom. The second-order valence-corrected chi connectivity index (χ2v) is 6.41. The number of carbonyl (C=O) groups excluding carboxylic acids is 1. The number of halogens is 1. The van der Waals surface area contributed by atoms with Gasteiger partial charge >= 0.3 is 0 Å². The lowest BCUT2D eigenvalue weighted by Gasteiger charge is -2.10. The Hall–Kier alpha value is -2.85. The van der Waals surface area contributed by atoms with E-state index in [0.717, 1.165) is 38.7 Å². The Bertz CT molecular complexity index is 955. The third-order valence-electron chi connectivity index (χ3n) is 4.24. The lowest BCUT2D eigenvalue weighted by molar-refractivity contribution is -0.115. The summed E-state index contributed by atoms with van der Waals surface area (Å²) in [6.45, 7) is 0.632. The van der Waals surface area contributed by atoms with Crippen molar-refractivity contribution in [1.82, 2.24) is 4.98 Å². The Kier molecular flexibility index (Phi) is 4.12. The van der Waals surface area contributed by atoms with Gasteiger partial charge in [0.15, 0.2) is 0 Å². The Morgan fingerprint density at radius 1 is 1.08 bits per heavy atom. The molecule has 0 unspecified atom stereocenters. The smallest absolute Gasteiger partial charge is 0.228 e. The first kappa shape index (κ1) is 15.7. The summed E-state index contributed by atoms with van der Waals surface area (Å²) in [6, 6.07) is 15.8. The molecule has 2 N–H and O–H groups in total. The maximum Gasteiger partial charge on any atom is 0.228 e. The lowest BCUT2D eigenvalue weighted by Crippen LogP contribution is -2.03. The minimum atomic E-state index is 0.0421. The normalized spacial score (nSPS) is 12.6. The Labute approximate surface area is 150 Å². The molecule has 25 heavy (non-hydrogen) atoms. The average Bonchev–Trinajstić information content (AvgIpc) is 3.00. The standard InChI is InChI=1S/C20H16ClN3O/c21-18-4-2-1-3-14(18)11-23-17-8-16(10-22-12-17)13-5-6-19-15(7-13)9-20(25)24-19/h1-8,10,12,23H,9,11H2,(H,24,25).